The van der Waals surface area contributed by atoms with Gasteiger partial charge >= 0.3 is 5.97 Å². The lowest BCUT2D eigenvalue weighted by molar-refractivity contribution is -0.138. The third-order valence-electron chi connectivity index (χ3n) is 2.71. The number of carbonyl (C=O) groups is 3. The van der Waals surface area contributed by atoms with E-state index in [1.807, 2.05) is 0 Å². The van der Waals surface area contributed by atoms with Crippen molar-refractivity contribution in [3.63, 3.8) is 0 Å². The molecule has 0 unspecified atom stereocenters. The van der Waals surface area contributed by atoms with E-state index < -0.39 is 17.9 Å². The Kier molecular flexibility index (Phi) is 3.01. The summed E-state index contributed by atoms with van der Waals surface area (Å²) in [5.74, 6) is -1.67. The fraction of sp³-hybridized carbons (Fsp3) is 0.250. The van der Waals surface area contributed by atoms with Gasteiger partial charge in [0, 0.05) is 11.3 Å². The van der Waals surface area contributed by atoms with Gasteiger partial charge in [-0.1, -0.05) is 0 Å². The molecule has 3 N–H and O–H groups in total. The number of carbonyl (C=O) groups excluding carboxylic acids is 2. The van der Waals surface area contributed by atoms with E-state index in [1.165, 1.54) is 6.92 Å². The number of amides is 2. The lowest BCUT2D eigenvalue weighted by Gasteiger charge is -2.09. The summed E-state index contributed by atoms with van der Waals surface area (Å²) in [7, 11) is 0. The molecule has 1 aliphatic heterocycles. The monoisotopic (exact) mass is 248 g/mol. The van der Waals surface area contributed by atoms with Crippen LogP contribution in [0.4, 0.5) is 5.69 Å². The molecule has 0 spiro atoms. The van der Waals surface area contributed by atoms with Gasteiger partial charge in [0.15, 0.2) is 0 Å². The smallest absolute Gasteiger partial charge is 0.325 e. The van der Waals surface area contributed by atoms with Crippen LogP contribution in [0.25, 0.3) is 0 Å². The number of nitrogens with one attached hydrogen (secondary N) is 2. The van der Waals surface area contributed by atoms with E-state index in [1.54, 1.807) is 18.2 Å². The van der Waals surface area contributed by atoms with Crippen LogP contribution in [0, 0.1) is 0 Å². The molecule has 94 valence electrons. The van der Waals surface area contributed by atoms with Crippen molar-refractivity contribution in [1.29, 1.82) is 0 Å². The minimum atomic E-state index is -1.10. The van der Waals surface area contributed by atoms with Crippen LogP contribution in [0.3, 0.4) is 0 Å². The van der Waals surface area contributed by atoms with Crippen molar-refractivity contribution in [3.05, 3.63) is 29.3 Å². The lowest BCUT2D eigenvalue weighted by Crippen LogP contribution is -2.38. The van der Waals surface area contributed by atoms with Gasteiger partial charge in [0.25, 0.3) is 5.91 Å². The Morgan fingerprint density at radius 1 is 1.44 bits per heavy atom. The molecule has 1 heterocycles. The second-order valence-corrected chi connectivity index (χ2v) is 4.13. The normalized spacial score (nSPS) is 14.6. The summed E-state index contributed by atoms with van der Waals surface area (Å²) in [6.07, 6.45) is 0.241. The molecule has 1 aromatic rings. The first kappa shape index (κ1) is 12.1. The number of carboxylic acids is 1. The molecule has 2 amide bonds. The molecule has 2 rings (SSSR count). The molecule has 0 bridgehead atoms. The molecule has 1 aromatic carbocycles. The Bertz CT molecular complexity index is 539. The van der Waals surface area contributed by atoms with Gasteiger partial charge < -0.3 is 15.7 Å². The third-order valence-corrected chi connectivity index (χ3v) is 2.71. The standard InChI is InChI=1S/C12H12N2O4/c1-6(12(17)18)13-11(16)7-2-3-9-8(4-7)5-10(15)14-9/h2-4,6H,5H2,1H3,(H,13,16)(H,14,15)(H,17,18)/t6-/m1/s1. The van der Waals surface area contributed by atoms with Crippen LogP contribution in [-0.2, 0) is 16.0 Å². The van der Waals surface area contributed by atoms with Gasteiger partial charge in [-0.25, -0.2) is 0 Å². The summed E-state index contributed by atoms with van der Waals surface area (Å²) in [6.45, 7) is 1.39. The molecule has 6 heteroatoms. The molecule has 6 nitrogen and oxygen atoms in total. The van der Waals surface area contributed by atoms with E-state index >= 15 is 0 Å². The van der Waals surface area contributed by atoms with Crippen LogP contribution in [0.2, 0.25) is 0 Å². The Morgan fingerprint density at radius 2 is 2.17 bits per heavy atom. The van der Waals surface area contributed by atoms with E-state index in [0.717, 1.165) is 5.56 Å². The van der Waals surface area contributed by atoms with Gasteiger partial charge in [-0.3, -0.25) is 14.4 Å². The van der Waals surface area contributed by atoms with Gasteiger partial charge in [-0.05, 0) is 30.7 Å². The van der Waals surface area contributed by atoms with Gasteiger partial charge in [-0.2, -0.15) is 0 Å². The van der Waals surface area contributed by atoms with Gasteiger partial charge in [-0.15, -0.1) is 0 Å². The quantitative estimate of drug-likeness (QED) is 0.720. The Labute approximate surface area is 103 Å². The van der Waals surface area contributed by atoms with Crippen LogP contribution in [0.15, 0.2) is 18.2 Å². The van der Waals surface area contributed by atoms with Crippen molar-refractivity contribution in [2.45, 2.75) is 19.4 Å². The molecule has 1 aliphatic rings. The van der Waals surface area contributed by atoms with Crippen LogP contribution in [-0.4, -0.2) is 28.9 Å². The van der Waals surface area contributed by atoms with Crippen LogP contribution < -0.4 is 10.6 Å². The Morgan fingerprint density at radius 3 is 2.83 bits per heavy atom. The first-order valence-electron chi connectivity index (χ1n) is 5.44. The predicted octanol–water partition coefficient (Wildman–Crippen LogP) is 0.384. The largest absolute Gasteiger partial charge is 0.480 e. The number of benzene rings is 1. The summed E-state index contributed by atoms with van der Waals surface area (Å²) in [4.78, 5) is 33.5. The summed E-state index contributed by atoms with van der Waals surface area (Å²) >= 11 is 0. The zero-order valence-corrected chi connectivity index (χ0v) is 9.69. The van der Waals surface area contributed by atoms with Crippen LogP contribution in [0.1, 0.15) is 22.8 Å². The first-order chi connectivity index (χ1) is 8.47. The van der Waals surface area contributed by atoms with E-state index in [2.05, 4.69) is 10.6 Å². The molecule has 0 saturated carbocycles. The van der Waals surface area contributed by atoms with Crippen molar-refractivity contribution in [2.75, 3.05) is 5.32 Å². The molecule has 0 aromatic heterocycles. The summed E-state index contributed by atoms with van der Waals surface area (Å²) in [5.41, 5.74) is 1.79. The average Bonchev–Trinajstić information content (AvgIpc) is 2.67. The number of aliphatic carboxylic acids is 1. The second-order valence-electron chi connectivity index (χ2n) is 4.13. The van der Waals surface area contributed by atoms with Crippen molar-refractivity contribution >= 4 is 23.5 Å². The Hall–Kier alpha value is -2.37. The number of fused-ring (bicyclic) bond motifs is 1. The van der Waals surface area contributed by atoms with Crippen molar-refractivity contribution in [3.8, 4) is 0 Å². The van der Waals surface area contributed by atoms with Crippen molar-refractivity contribution < 1.29 is 19.5 Å². The fourth-order valence-electron chi connectivity index (χ4n) is 1.71. The topological polar surface area (TPSA) is 95.5 Å². The molecule has 18 heavy (non-hydrogen) atoms. The van der Waals surface area contributed by atoms with Crippen molar-refractivity contribution in [1.82, 2.24) is 5.32 Å². The first-order valence-corrected chi connectivity index (χ1v) is 5.44. The SMILES string of the molecule is C[C@@H](NC(=O)c1ccc2c(c1)CC(=O)N2)C(=O)O. The highest BCUT2D eigenvalue weighted by atomic mass is 16.4. The van der Waals surface area contributed by atoms with E-state index in [-0.39, 0.29) is 12.3 Å². The predicted molar refractivity (Wildman–Crippen MR) is 63.3 cm³/mol. The molecule has 0 aliphatic carbocycles. The van der Waals surface area contributed by atoms with Crippen molar-refractivity contribution in [2.24, 2.45) is 0 Å². The number of hydrogen-bond acceptors (Lipinski definition) is 3. The summed E-state index contributed by atoms with van der Waals surface area (Å²) < 4.78 is 0. The maximum atomic E-state index is 11.8. The minimum Gasteiger partial charge on any atom is -0.480 e. The maximum Gasteiger partial charge on any atom is 0.325 e. The van der Waals surface area contributed by atoms with E-state index in [9.17, 15) is 14.4 Å². The minimum absolute atomic E-state index is 0.110. The molecule has 0 fully saturated rings. The fourth-order valence-corrected chi connectivity index (χ4v) is 1.71. The average molecular weight is 248 g/mol. The third kappa shape index (κ3) is 2.32. The van der Waals surface area contributed by atoms with E-state index in [0.29, 0.717) is 11.3 Å². The number of carboxylic acid groups (broad SMARTS) is 1. The van der Waals surface area contributed by atoms with Gasteiger partial charge in [0.2, 0.25) is 5.91 Å². The van der Waals surface area contributed by atoms with Gasteiger partial charge in [0.05, 0.1) is 6.42 Å². The number of rotatable bonds is 3. The molecule has 0 radical (unpaired) electrons. The zero-order valence-electron chi connectivity index (χ0n) is 9.69. The number of anilines is 1. The molecule has 0 saturated heterocycles. The van der Waals surface area contributed by atoms with Crippen LogP contribution >= 0.6 is 0 Å². The molecular weight excluding hydrogens is 236 g/mol. The summed E-state index contributed by atoms with van der Waals surface area (Å²) in [5, 5.41) is 13.7. The van der Waals surface area contributed by atoms with Crippen LogP contribution in [0.5, 0.6) is 0 Å². The van der Waals surface area contributed by atoms with E-state index in [4.69, 9.17) is 5.11 Å². The Balaban J connectivity index is 2.15. The number of hydrogen-bond donors (Lipinski definition) is 3. The lowest BCUT2D eigenvalue weighted by atomic mass is 10.1. The highest BCUT2D eigenvalue weighted by Crippen LogP contribution is 2.23. The zero-order chi connectivity index (χ0) is 13.3. The molecular formula is C12H12N2O4. The van der Waals surface area contributed by atoms with Gasteiger partial charge in [0.1, 0.15) is 6.04 Å². The second kappa shape index (κ2) is 4.48. The summed E-state index contributed by atoms with van der Waals surface area (Å²) in [6, 6.07) is 3.83. The maximum absolute atomic E-state index is 11.8. The molecule has 1 atom stereocenters. The highest BCUT2D eigenvalue weighted by Gasteiger charge is 2.20. The highest BCUT2D eigenvalue weighted by molar-refractivity contribution is 6.02.